The van der Waals surface area contributed by atoms with E-state index in [-0.39, 0.29) is 29.4 Å². The zero-order chi connectivity index (χ0) is 19.3. The number of carbonyl (C=O) groups excluding carboxylic acids is 1. The second-order valence-electron chi connectivity index (χ2n) is 5.66. The quantitative estimate of drug-likeness (QED) is 0.785. The summed E-state index contributed by atoms with van der Waals surface area (Å²) < 4.78 is 38.2. The normalized spacial score (nSPS) is 15.3. The number of benzene rings is 1. The number of hydrogen-bond donors (Lipinski definition) is 1. The highest BCUT2D eigenvalue weighted by Crippen LogP contribution is 2.30. The van der Waals surface area contributed by atoms with Crippen LogP contribution in [0.1, 0.15) is 17.4 Å². The van der Waals surface area contributed by atoms with Crippen molar-refractivity contribution in [3.63, 3.8) is 0 Å². The second-order valence-corrected chi connectivity index (χ2v) is 7.56. The molecule has 1 aliphatic heterocycles. The monoisotopic (exact) mass is 392 g/mol. The second kappa shape index (κ2) is 8.42. The maximum atomic E-state index is 13.0. The molecule has 0 unspecified atom stereocenters. The summed E-state index contributed by atoms with van der Waals surface area (Å²) in [4.78, 5) is 20.0. The standard InChI is InChI=1S/C17H20N4O5S/c1-2-26-15-4-3-13(20-17(22)14-12-18-5-6-19-14)11-16(15)27(23,24)21-7-9-25-10-8-21/h3-6,11-12H,2,7-10H2,1H3,(H,20,22). The van der Waals surface area contributed by atoms with Crippen molar-refractivity contribution in [2.24, 2.45) is 0 Å². The number of sulfonamides is 1. The molecule has 1 N–H and O–H groups in total. The van der Waals surface area contributed by atoms with Crippen molar-refractivity contribution < 1.29 is 22.7 Å². The fraction of sp³-hybridized carbons (Fsp3) is 0.353. The summed E-state index contributed by atoms with van der Waals surface area (Å²) >= 11 is 0. The van der Waals surface area contributed by atoms with Crippen molar-refractivity contribution in [2.75, 3.05) is 38.2 Å². The minimum atomic E-state index is -3.79. The number of amides is 1. The van der Waals surface area contributed by atoms with Gasteiger partial charge in [-0.25, -0.2) is 13.4 Å². The molecule has 0 spiro atoms. The summed E-state index contributed by atoms with van der Waals surface area (Å²) in [6.45, 7) is 3.30. The number of anilines is 1. The molecule has 1 aliphatic rings. The minimum Gasteiger partial charge on any atom is -0.492 e. The lowest BCUT2D eigenvalue weighted by Gasteiger charge is -2.27. The molecule has 0 saturated carbocycles. The van der Waals surface area contributed by atoms with Crippen LogP contribution in [0.3, 0.4) is 0 Å². The van der Waals surface area contributed by atoms with Crippen LogP contribution < -0.4 is 10.1 Å². The van der Waals surface area contributed by atoms with E-state index in [4.69, 9.17) is 9.47 Å². The van der Waals surface area contributed by atoms with Gasteiger partial charge in [0, 0.05) is 31.2 Å². The first-order valence-electron chi connectivity index (χ1n) is 8.44. The van der Waals surface area contributed by atoms with Gasteiger partial charge in [-0.1, -0.05) is 0 Å². The maximum Gasteiger partial charge on any atom is 0.275 e. The number of rotatable bonds is 6. The first-order chi connectivity index (χ1) is 13.0. The number of nitrogens with one attached hydrogen (secondary N) is 1. The van der Waals surface area contributed by atoms with Crippen LogP contribution in [0.4, 0.5) is 5.69 Å². The highest BCUT2D eigenvalue weighted by Gasteiger charge is 2.29. The Bertz CT molecular complexity index is 899. The van der Waals surface area contributed by atoms with Crippen LogP contribution >= 0.6 is 0 Å². The van der Waals surface area contributed by atoms with Gasteiger partial charge in [-0.15, -0.1) is 0 Å². The number of carbonyl (C=O) groups is 1. The van der Waals surface area contributed by atoms with Gasteiger partial charge in [0.1, 0.15) is 16.3 Å². The number of hydrogen-bond acceptors (Lipinski definition) is 7. The van der Waals surface area contributed by atoms with E-state index in [1.165, 1.54) is 35.0 Å². The van der Waals surface area contributed by atoms with Crippen LogP contribution in [0.25, 0.3) is 0 Å². The third kappa shape index (κ3) is 4.41. The molecule has 27 heavy (non-hydrogen) atoms. The summed E-state index contributed by atoms with van der Waals surface area (Å²) in [7, 11) is -3.79. The molecule has 10 heteroatoms. The van der Waals surface area contributed by atoms with Gasteiger partial charge >= 0.3 is 0 Å². The van der Waals surface area contributed by atoms with Gasteiger partial charge < -0.3 is 14.8 Å². The van der Waals surface area contributed by atoms with Gasteiger partial charge in [0.15, 0.2) is 0 Å². The number of nitrogens with zero attached hydrogens (tertiary/aromatic N) is 3. The molecule has 1 fully saturated rings. The van der Waals surface area contributed by atoms with E-state index in [2.05, 4.69) is 15.3 Å². The highest BCUT2D eigenvalue weighted by atomic mass is 32.2. The minimum absolute atomic E-state index is 0.00296. The van der Waals surface area contributed by atoms with Gasteiger partial charge in [0.25, 0.3) is 5.91 Å². The van der Waals surface area contributed by atoms with E-state index >= 15 is 0 Å². The topological polar surface area (TPSA) is 111 Å². The predicted molar refractivity (Wildman–Crippen MR) is 97.2 cm³/mol. The van der Waals surface area contributed by atoms with Crippen LogP contribution in [-0.4, -0.2) is 61.5 Å². The average Bonchev–Trinajstić information content (AvgIpc) is 2.70. The zero-order valence-corrected chi connectivity index (χ0v) is 15.6. The summed E-state index contributed by atoms with van der Waals surface area (Å²) in [5.41, 5.74) is 0.449. The molecule has 0 bridgehead atoms. The molecule has 1 aromatic heterocycles. The van der Waals surface area contributed by atoms with Crippen molar-refractivity contribution >= 4 is 21.6 Å². The van der Waals surface area contributed by atoms with Crippen molar-refractivity contribution in [1.29, 1.82) is 0 Å². The number of ether oxygens (including phenoxy) is 2. The van der Waals surface area contributed by atoms with E-state index in [1.54, 1.807) is 13.0 Å². The first kappa shape index (κ1) is 19.2. The van der Waals surface area contributed by atoms with E-state index < -0.39 is 15.9 Å². The van der Waals surface area contributed by atoms with Crippen LogP contribution in [0.2, 0.25) is 0 Å². The Morgan fingerprint density at radius 1 is 1.30 bits per heavy atom. The highest BCUT2D eigenvalue weighted by molar-refractivity contribution is 7.89. The van der Waals surface area contributed by atoms with Crippen LogP contribution in [0.15, 0.2) is 41.7 Å². The number of morpholine rings is 1. The SMILES string of the molecule is CCOc1ccc(NC(=O)c2cnccn2)cc1S(=O)(=O)N1CCOCC1. The Hall–Kier alpha value is -2.56. The van der Waals surface area contributed by atoms with Crippen LogP contribution in [-0.2, 0) is 14.8 Å². The molecular formula is C17H20N4O5S. The maximum absolute atomic E-state index is 13.0. The Kier molecular flexibility index (Phi) is 5.99. The van der Waals surface area contributed by atoms with Crippen LogP contribution in [0.5, 0.6) is 5.75 Å². The summed E-state index contributed by atoms with van der Waals surface area (Å²) in [6.07, 6.45) is 4.19. The molecule has 2 heterocycles. The van der Waals surface area contributed by atoms with Gasteiger partial charge in [0.2, 0.25) is 10.0 Å². The molecule has 1 amide bonds. The summed E-state index contributed by atoms with van der Waals surface area (Å²) in [5, 5.41) is 2.64. The van der Waals surface area contributed by atoms with Gasteiger partial charge in [-0.05, 0) is 25.1 Å². The lowest BCUT2D eigenvalue weighted by Crippen LogP contribution is -2.40. The van der Waals surface area contributed by atoms with E-state index in [1.807, 2.05) is 0 Å². The molecule has 144 valence electrons. The van der Waals surface area contributed by atoms with Crippen molar-refractivity contribution in [3.05, 3.63) is 42.5 Å². The Balaban J connectivity index is 1.92. The molecular weight excluding hydrogens is 372 g/mol. The molecule has 0 atom stereocenters. The van der Waals surface area contributed by atoms with E-state index in [0.717, 1.165) is 0 Å². The molecule has 3 rings (SSSR count). The van der Waals surface area contributed by atoms with Crippen molar-refractivity contribution in [1.82, 2.24) is 14.3 Å². The smallest absolute Gasteiger partial charge is 0.275 e. The van der Waals surface area contributed by atoms with E-state index in [9.17, 15) is 13.2 Å². The van der Waals surface area contributed by atoms with Gasteiger partial charge in [-0.3, -0.25) is 9.78 Å². The molecule has 0 aliphatic carbocycles. The summed E-state index contributed by atoms with van der Waals surface area (Å²) in [6, 6.07) is 4.50. The van der Waals surface area contributed by atoms with Crippen molar-refractivity contribution in [2.45, 2.75) is 11.8 Å². The van der Waals surface area contributed by atoms with Crippen LogP contribution in [0, 0.1) is 0 Å². The molecule has 9 nitrogen and oxygen atoms in total. The first-order valence-corrected chi connectivity index (χ1v) is 9.88. The fourth-order valence-electron chi connectivity index (χ4n) is 2.60. The predicted octanol–water partition coefficient (Wildman–Crippen LogP) is 1.15. The Morgan fingerprint density at radius 3 is 2.74 bits per heavy atom. The third-order valence-corrected chi connectivity index (χ3v) is 5.80. The average molecular weight is 392 g/mol. The van der Waals surface area contributed by atoms with E-state index in [0.29, 0.717) is 25.5 Å². The third-order valence-electron chi connectivity index (χ3n) is 3.89. The largest absolute Gasteiger partial charge is 0.492 e. The molecule has 2 aromatic rings. The fourth-order valence-corrected chi connectivity index (χ4v) is 4.16. The summed E-state index contributed by atoms with van der Waals surface area (Å²) in [5.74, 6) is -0.247. The molecule has 1 aromatic carbocycles. The van der Waals surface area contributed by atoms with Gasteiger partial charge in [0.05, 0.1) is 26.0 Å². The molecule has 0 radical (unpaired) electrons. The zero-order valence-electron chi connectivity index (χ0n) is 14.8. The Labute approximate surface area is 157 Å². The Morgan fingerprint density at radius 2 is 2.07 bits per heavy atom. The van der Waals surface area contributed by atoms with Crippen molar-refractivity contribution in [3.8, 4) is 5.75 Å². The number of aromatic nitrogens is 2. The lowest BCUT2D eigenvalue weighted by molar-refractivity contribution is 0.0729. The molecule has 1 saturated heterocycles. The van der Waals surface area contributed by atoms with Gasteiger partial charge in [-0.2, -0.15) is 4.31 Å². The lowest BCUT2D eigenvalue weighted by atomic mass is 10.3.